The molecule has 0 atom stereocenters. The van der Waals surface area contributed by atoms with Crippen molar-refractivity contribution in [1.29, 1.82) is 0 Å². The Morgan fingerprint density at radius 3 is 2.52 bits per heavy atom. The second-order valence-corrected chi connectivity index (χ2v) is 8.65. The van der Waals surface area contributed by atoms with Gasteiger partial charge in [-0.2, -0.15) is 5.10 Å². The van der Waals surface area contributed by atoms with Crippen molar-refractivity contribution in [3.05, 3.63) is 17.5 Å². The maximum Gasteiger partial charge on any atom is 0.257 e. The fourth-order valence-electron chi connectivity index (χ4n) is 4.63. The van der Waals surface area contributed by atoms with Crippen molar-refractivity contribution >= 4 is 11.8 Å². The summed E-state index contributed by atoms with van der Waals surface area (Å²) in [5, 5.41) is 10.4. The number of hydrogen-bond acceptors (Lipinski definition) is 3. The third-order valence-electron chi connectivity index (χ3n) is 6.54. The largest absolute Gasteiger partial charge is 0.353 e. The molecule has 6 nitrogen and oxygen atoms in total. The minimum atomic E-state index is 0.134. The van der Waals surface area contributed by atoms with Crippen molar-refractivity contribution in [2.75, 3.05) is 13.1 Å². The third kappa shape index (κ3) is 4.71. The maximum atomic E-state index is 13.0. The van der Waals surface area contributed by atoms with Crippen LogP contribution in [0.5, 0.6) is 0 Å². The molecule has 0 aromatic carbocycles. The van der Waals surface area contributed by atoms with Crippen LogP contribution in [0.1, 0.15) is 92.6 Å². The zero-order chi connectivity index (χ0) is 18.6. The van der Waals surface area contributed by atoms with Gasteiger partial charge in [-0.1, -0.05) is 19.3 Å². The minimum Gasteiger partial charge on any atom is -0.353 e. The topological polar surface area (TPSA) is 78.1 Å². The van der Waals surface area contributed by atoms with Gasteiger partial charge in [-0.25, -0.2) is 0 Å². The van der Waals surface area contributed by atoms with Crippen LogP contribution in [-0.4, -0.2) is 46.0 Å². The lowest BCUT2D eigenvalue weighted by Gasteiger charge is -2.32. The Balaban J connectivity index is 1.26. The first-order valence-corrected chi connectivity index (χ1v) is 10.8. The van der Waals surface area contributed by atoms with Crippen LogP contribution < -0.4 is 5.32 Å². The smallest absolute Gasteiger partial charge is 0.257 e. The van der Waals surface area contributed by atoms with Crippen LogP contribution in [0, 0.1) is 5.92 Å². The van der Waals surface area contributed by atoms with Gasteiger partial charge in [0.05, 0.1) is 17.5 Å². The van der Waals surface area contributed by atoms with Gasteiger partial charge in [0.1, 0.15) is 0 Å². The first-order valence-electron chi connectivity index (χ1n) is 10.8. The molecule has 1 aromatic rings. The molecule has 0 spiro atoms. The lowest BCUT2D eigenvalue weighted by atomic mass is 9.85. The van der Waals surface area contributed by atoms with E-state index in [1.807, 2.05) is 4.90 Å². The quantitative estimate of drug-likeness (QED) is 0.804. The van der Waals surface area contributed by atoms with Crippen LogP contribution >= 0.6 is 0 Å². The highest BCUT2D eigenvalue weighted by molar-refractivity contribution is 5.95. The number of likely N-dealkylation sites (tertiary alicyclic amines) is 1. The molecule has 2 aliphatic carbocycles. The van der Waals surface area contributed by atoms with Gasteiger partial charge >= 0.3 is 0 Å². The van der Waals surface area contributed by atoms with Crippen molar-refractivity contribution in [2.45, 2.75) is 82.6 Å². The number of hydrogen-bond donors (Lipinski definition) is 2. The number of aromatic amines is 1. The molecular weight excluding hydrogens is 340 g/mol. The van der Waals surface area contributed by atoms with Crippen LogP contribution in [0.2, 0.25) is 0 Å². The molecule has 2 N–H and O–H groups in total. The second-order valence-electron chi connectivity index (χ2n) is 8.65. The Kier molecular flexibility index (Phi) is 5.79. The predicted octanol–water partition coefficient (Wildman–Crippen LogP) is 3.37. The normalized spacial score (nSPS) is 22.0. The number of aromatic nitrogens is 2. The number of amides is 2. The van der Waals surface area contributed by atoms with Crippen LogP contribution in [0.15, 0.2) is 6.20 Å². The van der Waals surface area contributed by atoms with Crippen molar-refractivity contribution in [1.82, 2.24) is 20.4 Å². The van der Waals surface area contributed by atoms with E-state index >= 15 is 0 Å². The first kappa shape index (κ1) is 18.5. The lowest BCUT2D eigenvalue weighted by molar-refractivity contribution is -0.121. The van der Waals surface area contributed by atoms with Crippen molar-refractivity contribution in [3.8, 4) is 0 Å². The fraction of sp³-hybridized carbons (Fsp3) is 0.762. The molecule has 2 saturated carbocycles. The molecule has 1 aliphatic heterocycles. The van der Waals surface area contributed by atoms with Crippen LogP contribution in [0.25, 0.3) is 0 Å². The summed E-state index contributed by atoms with van der Waals surface area (Å²) in [6.07, 6.45) is 13.7. The number of carbonyl (C=O) groups is 2. The average Bonchev–Trinajstić information content (AvgIpc) is 3.38. The average molecular weight is 373 g/mol. The zero-order valence-corrected chi connectivity index (χ0v) is 16.2. The van der Waals surface area contributed by atoms with Crippen LogP contribution in [0.3, 0.4) is 0 Å². The molecule has 0 bridgehead atoms. The van der Waals surface area contributed by atoms with Gasteiger partial charge in [0.2, 0.25) is 5.91 Å². The highest BCUT2D eigenvalue weighted by Gasteiger charge is 2.29. The van der Waals surface area contributed by atoms with Crippen molar-refractivity contribution in [3.63, 3.8) is 0 Å². The summed E-state index contributed by atoms with van der Waals surface area (Å²) in [6.45, 7) is 1.59. The van der Waals surface area contributed by atoms with Crippen molar-refractivity contribution in [2.24, 2.45) is 5.92 Å². The van der Waals surface area contributed by atoms with E-state index < -0.39 is 0 Å². The molecule has 0 unspecified atom stereocenters. The molecule has 2 amide bonds. The molecular formula is C21H32N4O2. The highest BCUT2D eigenvalue weighted by Crippen LogP contribution is 2.34. The number of nitrogens with one attached hydrogen (secondary N) is 2. The molecule has 1 aromatic heterocycles. The zero-order valence-electron chi connectivity index (χ0n) is 16.2. The fourth-order valence-corrected chi connectivity index (χ4v) is 4.63. The van der Waals surface area contributed by atoms with E-state index in [0.29, 0.717) is 24.3 Å². The molecule has 2 heterocycles. The Morgan fingerprint density at radius 1 is 1.07 bits per heavy atom. The van der Waals surface area contributed by atoms with E-state index in [4.69, 9.17) is 0 Å². The summed E-state index contributed by atoms with van der Waals surface area (Å²) in [5.74, 6) is 1.35. The molecule has 4 rings (SSSR count). The number of H-pyrrole nitrogens is 1. The monoisotopic (exact) mass is 372 g/mol. The first-order chi connectivity index (χ1) is 13.2. The summed E-state index contributed by atoms with van der Waals surface area (Å²) in [7, 11) is 0. The van der Waals surface area contributed by atoms with E-state index in [2.05, 4.69) is 15.5 Å². The number of nitrogens with zero attached hydrogens (tertiary/aromatic N) is 2. The molecule has 3 fully saturated rings. The van der Waals surface area contributed by atoms with Gasteiger partial charge in [-0.15, -0.1) is 0 Å². The molecule has 148 valence electrons. The summed E-state index contributed by atoms with van der Waals surface area (Å²) in [6, 6.07) is 0.449. The molecule has 27 heavy (non-hydrogen) atoms. The second kappa shape index (κ2) is 8.44. The summed E-state index contributed by atoms with van der Waals surface area (Å²) in [5.41, 5.74) is 1.84. The van der Waals surface area contributed by atoms with Crippen LogP contribution in [-0.2, 0) is 4.79 Å². The lowest BCUT2D eigenvalue weighted by Crippen LogP contribution is -2.39. The van der Waals surface area contributed by atoms with Gasteiger partial charge < -0.3 is 10.2 Å². The highest BCUT2D eigenvalue weighted by atomic mass is 16.2. The van der Waals surface area contributed by atoms with Gasteiger partial charge in [0.15, 0.2) is 0 Å². The van der Waals surface area contributed by atoms with Crippen LogP contribution in [0.4, 0.5) is 0 Å². The minimum absolute atomic E-state index is 0.134. The van der Waals surface area contributed by atoms with E-state index in [1.165, 1.54) is 19.3 Å². The Labute approximate surface area is 161 Å². The van der Waals surface area contributed by atoms with Gasteiger partial charge in [-0.05, 0) is 50.9 Å². The summed E-state index contributed by atoms with van der Waals surface area (Å²) >= 11 is 0. The Morgan fingerprint density at radius 2 is 1.81 bits per heavy atom. The van der Waals surface area contributed by atoms with E-state index in [9.17, 15) is 9.59 Å². The number of carbonyl (C=O) groups excluding carboxylic acids is 2. The van der Waals surface area contributed by atoms with E-state index in [0.717, 1.165) is 69.3 Å². The molecule has 0 radical (unpaired) electrons. The summed E-state index contributed by atoms with van der Waals surface area (Å²) < 4.78 is 0. The van der Waals surface area contributed by atoms with Gasteiger partial charge in [0, 0.05) is 31.5 Å². The Hall–Kier alpha value is -1.85. The van der Waals surface area contributed by atoms with Crippen molar-refractivity contribution < 1.29 is 9.59 Å². The number of rotatable bonds is 6. The predicted molar refractivity (Wildman–Crippen MR) is 103 cm³/mol. The molecule has 1 saturated heterocycles. The summed E-state index contributed by atoms with van der Waals surface area (Å²) in [4.78, 5) is 26.9. The standard InChI is InChI=1S/C21H32N4O2/c26-19(23-17-7-8-17)9-6-15-10-12-25(13-11-15)21(27)18-14-22-24-20(18)16-4-2-1-3-5-16/h14-17H,1-13H2,(H,22,24)(H,23,26). The SMILES string of the molecule is O=C(CCC1CCN(C(=O)c2cn[nH]c2C2CCCCC2)CC1)NC1CC1. The van der Waals surface area contributed by atoms with E-state index in [-0.39, 0.29) is 11.8 Å². The van der Waals surface area contributed by atoms with Gasteiger partial charge in [-0.3, -0.25) is 14.7 Å². The van der Waals surface area contributed by atoms with Gasteiger partial charge in [0.25, 0.3) is 5.91 Å². The number of piperidine rings is 1. The molecule has 3 aliphatic rings. The Bertz CT molecular complexity index is 653. The molecule has 6 heteroatoms. The maximum absolute atomic E-state index is 13.0. The van der Waals surface area contributed by atoms with E-state index in [1.54, 1.807) is 6.20 Å². The third-order valence-corrected chi connectivity index (χ3v) is 6.54.